The summed E-state index contributed by atoms with van der Waals surface area (Å²) < 4.78 is 112. The van der Waals surface area contributed by atoms with E-state index in [1.165, 1.54) is 0 Å². The first-order valence-electron chi connectivity index (χ1n) is 3.27. The Morgan fingerprint density at radius 2 is 0.471 bits per heavy atom. The standard InChI is InChI=1S/4CF3.Pb/c4*2-1(3)4;. The van der Waals surface area contributed by atoms with Gasteiger partial charge in [-0.1, -0.05) is 0 Å². The second-order valence-electron chi connectivity index (χ2n) is 2.74. The van der Waals surface area contributed by atoms with Crippen molar-refractivity contribution in [1.82, 2.24) is 0 Å². The molecule has 17 heavy (non-hydrogen) atoms. The molecule has 0 heterocycles. The van der Waals surface area contributed by atoms with Crippen molar-refractivity contribution in [3.63, 3.8) is 0 Å². The number of alkyl halides is 12. The van der Waals surface area contributed by atoms with Gasteiger partial charge in [-0.3, -0.25) is 0 Å². The van der Waals surface area contributed by atoms with Crippen molar-refractivity contribution in [3.05, 3.63) is 0 Å². The van der Waals surface area contributed by atoms with Crippen LogP contribution in [0.25, 0.3) is 0 Å². The maximum absolute atomic E-state index is 11.8. The van der Waals surface area contributed by atoms with Gasteiger partial charge in [0.15, 0.2) is 0 Å². The molecule has 104 valence electrons. The summed E-state index contributed by atoms with van der Waals surface area (Å²) in [5, 5.41) is 0. The summed E-state index contributed by atoms with van der Waals surface area (Å²) in [7, 11) is 0. The molecule has 0 aliphatic heterocycles. The Kier molecular flexibility index (Phi) is 4.06. The maximum atomic E-state index is 11.8. The molecular formula is C4F12Pb. The Morgan fingerprint density at radius 3 is 0.471 bits per heavy atom. The molecule has 0 rings (SSSR count). The Labute approximate surface area is 89.2 Å². The van der Waals surface area contributed by atoms with Gasteiger partial charge in [-0.2, -0.15) is 0 Å². The van der Waals surface area contributed by atoms with Crippen LogP contribution < -0.4 is 0 Å². The summed E-state index contributed by atoms with van der Waals surface area (Å²) in [4.78, 5) is 0. The molecule has 0 N–H and O–H groups in total. The molecule has 0 aromatic rings. The van der Waals surface area contributed by atoms with Gasteiger partial charge in [0.05, 0.1) is 0 Å². The molecule has 0 nitrogen and oxygen atoms in total. The van der Waals surface area contributed by atoms with E-state index in [9.17, 15) is 52.7 Å². The molecule has 0 aromatic heterocycles. The molecule has 0 saturated carbocycles. The number of halogens is 12. The van der Waals surface area contributed by atoms with Crippen molar-refractivity contribution < 1.29 is 52.7 Å². The molecule has 0 aliphatic rings. The predicted octanol–water partition coefficient (Wildman–Crippen LogP) is 3.84. The molecule has 0 radical (unpaired) electrons. The first kappa shape index (κ1) is 17.1. The number of rotatable bonds is 0. The van der Waals surface area contributed by atoms with Gasteiger partial charge in [-0.05, 0) is 0 Å². The zero-order valence-electron chi connectivity index (χ0n) is 7.04. The third kappa shape index (κ3) is 2.45. The summed E-state index contributed by atoms with van der Waals surface area (Å²) in [5.74, 6) is 0. The minimum absolute atomic E-state index is 7.39. The van der Waals surface area contributed by atoms with Gasteiger partial charge in [0.25, 0.3) is 0 Å². The topological polar surface area (TPSA) is 0 Å². The van der Waals surface area contributed by atoms with Gasteiger partial charge in [0.2, 0.25) is 0 Å². The fourth-order valence-corrected chi connectivity index (χ4v) is 8.46. The fourth-order valence-electron chi connectivity index (χ4n) is 0.964. The third-order valence-electron chi connectivity index (χ3n) is 1.70. The summed E-state index contributed by atoms with van der Waals surface area (Å²) >= 11 is -10.7. The Morgan fingerprint density at radius 1 is 0.353 bits per heavy atom. The van der Waals surface area contributed by atoms with Crippen LogP contribution >= 0.6 is 0 Å². The third-order valence-corrected chi connectivity index (χ3v) is 14.9. The predicted molar refractivity (Wildman–Crippen MR) is 30.0 cm³/mol. The van der Waals surface area contributed by atoms with Crippen molar-refractivity contribution >= 4 is 21.2 Å². The average molecular weight is 483 g/mol. The second-order valence-corrected chi connectivity index (χ2v) is 17.4. The van der Waals surface area contributed by atoms with Crippen LogP contribution in [-0.2, 0) is 0 Å². The van der Waals surface area contributed by atoms with Crippen LogP contribution in [0.5, 0.6) is 0 Å². The van der Waals surface area contributed by atoms with Crippen molar-refractivity contribution in [1.29, 1.82) is 0 Å². The molecule has 0 aliphatic carbocycles. The molecule has 0 bridgehead atoms. The zero-order chi connectivity index (χ0) is 14.5. The molecular weight excluding hydrogens is 483 g/mol. The Bertz CT molecular complexity index is 211. The van der Waals surface area contributed by atoms with E-state index in [1.807, 2.05) is 0 Å². The molecule has 0 saturated heterocycles. The van der Waals surface area contributed by atoms with Crippen molar-refractivity contribution in [2.75, 3.05) is 0 Å². The van der Waals surface area contributed by atoms with Crippen LogP contribution in [0.2, 0.25) is 0 Å². The van der Waals surface area contributed by atoms with Gasteiger partial charge >= 0.3 is 88.8 Å². The van der Waals surface area contributed by atoms with Crippen LogP contribution in [0.1, 0.15) is 0 Å². The molecule has 0 amide bonds. The van der Waals surface area contributed by atoms with E-state index in [0.29, 0.717) is 0 Å². The molecule has 0 aromatic carbocycles. The number of hydrogen-bond acceptors (Lipinski definition) is 0. The van der Waals surface area contributed by atoms with Crippen molar-refractivity contribution in [2.45, 2.75) is 14.9 Å². The van der Waals surface area contributed by atoms with Crippen LogP contribution in [-0.4, -0.2) is 36.1 Å². The summed E-state index contributed by atoms with van der Waals surface area (Å²) in [6.07, 6.45) is 0. The first-order valence-corrected chi connectivity index (χ1v) is 11.0. The first-order chi connectivity index (χ1) is 7.00. The van der Waals surface area contributed by atoms with Crippen LogP contribution in [0, 0.1) is 0 Å². The van der Waals surface area contributed by atoms with Crippen molar-refractivity contribution in [2.24, 2.45) is 0 Å². The van der Waals surface area contributed by atoms with E-state index in [2.05, 4.69) is 0 Å². The molecule has 0 unspecified atom stereocenters. The van der Waals surface area contributed by atoms with E-state index < -0.39 is 36.1 Å². The molecule has 0 spiro atoms. The minimum atomic E-state index is -10.7. The Balaban J connectivity index is 6.37. The SMILES string of the molecule is F[C](F)(F)[Pb]([C](F)(F)F)([C](F)(F)F)[C](F)(F)F. The molecule has 0 fully saturated rings. The fraction of sp³-hybridized carbons (Fsp3) is 1.00. The molecule has 13 heteroatoms. The molecule has 0 atom stereocenters. The summed E-state index contributed by atoms with van der Waals surface area (Å²) in [6, 6.07) is 0. The Hall–Kier alpha value is 0.0821. The average Bonchev–Trinajstić information content (AvgIpc) is 1.67. The quantitative estimate of drug-likeness (QED) is 0.363. The summed E-state index contributed by atoms with van der Waals surface area (Å²) in [5.41, 5.74) is 0. The van der Waals surface area contributed by atoms with E-state index in [1.54, 1.807) is 0 Å². The second kappa shape index (κ2) is 4.04. The van der Waals surface area contributed by atoms with E-state index in [0.717, 1.165) is 0 Å². The zero-order valence-corrected chi connectivity index (χ0v) is 10.9. The normalized spacial score (nSPS) is 16.2. The van der Waals surface area contributed by atoms with Crippen molar-refractivity contribution in [3.8, 4) is 0 Å². The van der Waals surface area contributed by atoms with E-state index in [-0.39, 0.29) is 0 Å². The van der Waals surface area contributed by atoms with Crippen LogP contribution in [0.4, 0.5) is 52.7 Å². The van der Waals surface area contributed by atoms with E-state index >= 15 is 0 Å². The summed E-state index contributed by atoms with van der Waals surface area (Å²) in [6.45, 7) is 0. The van der Waals surface area contributed by atoms with Gasteiger partial charge < -0.3 is 0 Å². The van der Waals surface area contributed by atoms with Gasteiger partial charge in [0, 0.05) is 0 Å². The number of hydrogen-bond donors (Lipinski definition) is 0. The van der Waals surface area contributed by atoms with Gasteiger partial charge in [-0.15, -0.1) is 0 Å². The van der Waals surface area contributed by atoms with Crippen LogP contribution in [0.3, 0.4) is 0 Å². The van der Waals surface area contributed by atoms with Gasteiger partial charge in [0.1, 0.15) is 0 Å². The van der Waals surface area contributed by atoms with Crippen LogP contribution in [0.15, 0.2) is 0 Å². The van der Waals surface area contributed by atoms with Gasteiger partial charge in [-0.25, -0.2) is 0 Å². The van der Waals surface area contributed by atoms with E-state index in [4.69, 9.17) is 0 Å². The monoisotopic (exact) mass is 484 g/mol.